The summed E-state index contributed by atoms with van der Waals surface area (Å²) in [4.78, 5) is 0. The molecule has 2 rings (SSSR count). The van der Waals surface area contributed by atoms with E-state index in [4.69, 9.17) is 0 Å². The minimum absolute atomic E-state index is 0.582. The first-order valence-corrected chi connectivity index (χ1v) is 6.18. The Hall–Kier alpha value is -0.820. The third-order valence-corrected chi connectivity index (χ3v) is 3.11. The van der Waals surface area contributed by atoms with Crippen LogP contribution in [-0.2, 0) is 0 Å². The highest BCUT2D eigenvalue weighted by molar-refractivity contribution is 5.19. The van der Waals surface area contributed by atoms with E-state index in [-0.39, 0.29) is 0 Å². The molecule has 0 amide bonds. The fraction of sp³-hybridized carbons (Fsp3) is 0.571. The number of hydrogen-bond donors (Lipinski definition) is 1. The minimum Gasteiger partial charge on any atom is -0.310 e. The summed E-state index contributed by atoms with van der Waals surface area (Å²) in [7, 11) is 0. The quantitative estimate of drug-likeness (QED) is 0.746. The molecule has 0 bridgehead atoms. The highest BCUT2D eigenvalue weighted by Gasteiger charge is 2.25. The smallest absolute Gasteiger partial charge is 0.0322 e. The maximum atomic E-state index is 3.66. The fourth-order valence-electron chi connectivity index (χ4n) is 2.03. The van der Waals surface area contributed by atoms with Crippen molar-refractivity contribution in [2.24, 2.45) is 5.92 Å². The lowest BCUT2D eigenvalue weighted by Crippen LogP contribution is -2.22. The summed E-state index contributed by atoms with van der Waals surface area (Å²) in [6.45, 7) is 3.36. The molecule has 1 heteroatoms. The van der Waals surface area contributed by atoms with Crippen LogP contribution in [0, 0.1) is 5.92 Å². The topological polar surface area (TPSA) is 12.0 Å². The maximum absolute atomic E-state index is 3.66. The van der Waals surface area contributed by atoms with Crippen LogP contribution in [0.3, 0.4) is 0 Å². The summed E-state index contributed by atoms with van der Waals surface area (Å²) >= 11 is 0. The molecule has 82 valence electrons. The van der Waals surface area contributed by atoms with E-state index in [1.54, 1.807) is 0 Å². The third-order valence-electron chi connectivity index (χ3n) is 3.11. The Morgan fingerprint density at radius 2 is 2.00 bits per heavy atom. The van der Waals surface area contributed by atoms with Gasteiger partial charge in [-0.3, -0.25) is 0 Å². The van der Waals surface area contributed by atoms with E-state index in [0.717, 1.165) is 12.5 Å². The van der Waals surface area contributed by atoms with Crippen LogP contribution in [-0.4, -0.2) is 6.54 Å². The molecule has 0 aromatic heterocycles. The summed E-state index contributed by atoms with van der Waals surface area (Å²) in [6, 6.07) is 11.5. The van der Waals surface area contributed by atoms with Gasteiger partial charge in [-0.25, -0.2) is 0 Å². The van der Waals surface area contributed by atoms with Gasteiger partial charge in [-0.05, 0) is 30.9 Å². The molecule has 0 heterocycles. The molecule has 1 saturated carbocycles. The van der Waals surface area contributed by atoms with E-state index in [0.29, 0.717) is 6.04 Å². The fourth-order valence-corrected chi connectivity index (χ4v) is 2.03. The van der Waals surface area contributed by atoms with Gasteiger partial charge in [0, 0.05) is 6.04 Å². The molecular weight excluding hydrogens is 182 g/mol. The second-order valence-electron chi connectivity index (χ2n) is 4.60. The van der Waals surface area contributed by atoms with Crippen molar-refractivity contribution < 1.29 is 0 Å². The van der Waals surface area contributed by atoms with Gasteiger partial charge in [0.1, 0.15) is 0 Å². The Bertz CT molecular complexity index is 277. The molecular formula is C14H21N. The van der Waals surface area contributed by atoms with Crippen LogP contribution in [0.2, 0.25) is 0 Å². The second kappa shape index (κ2) is 5.32. The highest BCUT2D eigenvalue weighted by atomic mass is 14.9. The van der Waals surface area contributed by atoms with E-state index >= 15 is 0 Å². The highest BCUT2D eigenvalue weighted by Crippen LogP contribution is 2.37. The lowest BCUT2D eigenvalue weighted by Gasteiger charge is -2.18. The minimum atomic E-state index is 0.582. The van der Waals surface area contributed by atoms with Crippen LogP contribution >= 0.6 is 0 Å². The first kappa shape index (κ1) is 10.7. The number of hydrogen-bond acceptors (Lipinski definition) is 1. The van der Waals surface area contributed by atoms with Crippen molar-refractivity contribution in [1.82, 2.24) is 5.32 Å². The van der Waals surface area contributed by atoms with Gasteiger partial charge in [0.15, 0.2) is 0 Å². The molecule has 0 aliphatic heterocycles. The van der Waals surface area contributed by atoms with Gasteiger partial charge in [-0.2, -0.15) is 0 Å². The standard InChI is InChI=1S/C14H21N/c1-2-10-15-14(11-12-8-9-12)13-6-4-3-5-7-13/h3-7,12,14-15H,2,8-11H2,1H3. The van der Waals surface area contributed by atoms with Crippen LogP contribution in [0.4, 0.5) is 0 Å². The lowest BCUT2D eigenvalue weighted by molar-refractivity contribution is 0.474. The molecule has 0 spiro atoms. The van der Waals surface area contributed by atoms with Gasteiger partial charge in [0.2, 0.25) is 0 Å². The predicted octanol–water partition coefficient (Wildman–Crippen LogP) is 3.53. The van der Waals surface area contributed by atoms with Crippen LogP contribution in [0.15, 0.2) is 30.3 Å². The molecule has 15 heavy (non-hydrogen) atoms. The summed E-state index contributed by atoms with van der Waals surface area (Å²) in [5, 5.41) is 3.66. The van der Waals surface area contributed by atoms with Crippen LogP contribution in [0.1, 0.15) is 44.2 Å². The molecule has 1 aromatic rings. The van der Waals surface area contributed by atoms with Gasteiger partial charge in [-0.15, -0.1) is 0 Å². The van der Waals surface area contributed by atoms with Gasteiger partial charge in [0.25, 0.3) is 0 Å². The number of rotatable bonds is 6. The van der Waals surface area contributed by atoms with Gasteiger partial charge >= 0.3 is 0 Å². The third kappa shape index (κ3) is 3.35. The average molecular weight is 203 g/mol. The Labute approximate surface area is 92.9 Å². The Morgan fingerprint density at radius 1 is 1.27 bits per heavy atom. The van der Waals surface area contributed by atoms with Gasteiger partial charge in [0.05, 0.1) is 0 Å². The van der Waals surface area contributed by atoms with Crippen molar-refractivity contribution in [3.63, 3.8) is 0 Å². The molecule has 1 fully saturated rings. The first-order chi connectivity index (χ1) is 7.40. The lowest BCUT2D eigenvalue weighted by atomic mass is 10.0. The van der Waals surface area contributed by atoms with Gasteiger partial charge < -0.3 is 5.32 Å². The monoisotopic (exact) mass is 203 g/mol. The molecule has 1 unspecified atom stereocenters. The summed E-state index contributed by atoms with van der Waals surface area (Å²) in [5.41, 5.74) is 1.46. The summed E-state index contributed by atoms with van der Waals surface area (Å²) in [6.07, 6.45) is 5.42. The van der Waals surface area contributed by atoms with E-state index < -0.39 is 0 Å². The zero-order chi connectivity index (χ0) is 10.5. The SMILES string of the molecule is CCCNC(CC1CC1)c1ccccc1. The summed E-state index contributed by atoms with van der Waals surface area (Å²) < 4.78 is 0. The Kier molecular flexibility index (Phi) is 3.79. The summed E-state index contributed by atoms with van der Waals surface area (Å²) in [5.74, 6) is 0.986. The van der Waals surface area contributed by atoms with Crippen molar-refractivity contribution in [3.8, 4) is 0 Å². The Balaban J connectivity index is 1.96. The molecule has 1 N–H and O–H groups in total. The van der Waals surface area contributed by atoms with E-state index in [9.17, 15) is 0 Å². The molecule has 1 atom stereocenters. The van der Waals surface area contributed by atoms with E-state index in [1.807, 2.05) is 0 Å². The average Bonchev–Trinajstić information content (AvgIpc) is 3.09. The molecule has 1 aliphatic carbocycles. The second-order valence-corrected chi connectivity index (χ2v) is 4.60. The predicted molar refractivity (Wildman–Crippen MR) is 64.8 cm³/mol. The van der Waals surface area contributed by atoms with Crippen molar-refractivity contribution in [1.29, 1.82) is 0 Å². The van der Waals surface area contributed by atoms with Crippen LogP contribution in [0.5, 0.6) is 0 Å². The molecule has 1 aliphatic rings. The van der Waals surface area contributed by atoms with Gasteiger partial charge in [-0.1, -0.05) is 50.1 Å². The zero-order valence-electron chi connectivity index (χ0n) is 9.58. The first-order valence-electron chi connectivity index (χ1n) is 6.18. The molecule has 1 nitrogen and oxygen atoms in total. The maximum Gasteiger partial charge on any atom is 0.0322 e. The number of benzene rings is 1. The molecule has 0 saturated heterocycles. The van der Waals surface area contributed by atoms with Crippen LogP contribution < -0.4 is 5.32 Å². The largest absolute Gasteiger partial charge is 0.310 e. The van der Waals surface area contributed by atoms with Crippen molar-refractivity contribution >= 4 is 0 Å². The van der Waals surface area contributed by atoms with Crippen molar-refractivity contribution in [3.05, 3.63) is 35.9 Å². The van der Waals surface area contributed by atoms with E-state index in [2.05, 4.69) is 42.6 Å². The van der Waals surface area contributed by atoms with Crippen LogP contribution in [0.25, 0.3) is 0 Å². The van der Waals surface area contributed by atoms with Crippen molar-refractivity contribution in [2.45, 2.75) is 38.6 Å². The molecule has 0 radical (unpaired) electrons. The van der Waals surface area contributed by atoms with Crippen molar-refractivity contribution in [2.75, 3.05) is 6.54 Å². The number of nitrogens with one attached hydrogen (secondary N) is 1. The normalized spacial score (nSPS) is 17.7. The molecule has 1 aromatic carbocycles. The zero-order valence-corrected chi connectivity index (χ0v) is 9.58. The van der Waals surface area contributed by atoms with E-state index in [1.165, 1.54) is 31.2 Å². The Morgan fingerprint density at radius 3 is 2.60 bits per heavy atom.